The highest BCUT2D eigenvalue weighted by Crippen LogP contribution is 2.13. The maximum absolute atomic E-state index is 12.4. The summed E-state index contributed by atoms with van der Waals surface area (Å²) < 4.78 is 0. The first-order valence-electron chi connectivity index (χ1n) is 9.92. The number of rotatable bonds is 6. The SMILES string of the molecule is C/C(=N\NC(=O)c1ccc(Cn2nnc(-c3ccccc3)n2)cc1)c1ccc(C)cc1. The first-order chi connectivity index (χ1) is 15.1. The third kappa shape index (κ3) is 5.08. The van der Waals surface area contributed by atoms with Crippen molar-refractivity contribution in [2.45, 2.75) is 20.4 Å². The van der Waals surface area contributed by atoms with Crippen LogP contribution in [0.3, 0.4) is 0 Å². The Hall–Kier alpha value is -4.13. The molecule has 0 fully saturated rings. The zero-order chi connectivity index (χ0) is 21.6. The normalized spacial score (nSPS) is 11.4. The Morgan fingerprint density at radius 2 is 1.61 bits per heavy atom. The lowest BCUT2D eigenvalue weighted by Gasteiger charge is -2.05. The van der Waals surface area contributed by atoms with Gasteiger partial charge in [-0.25, -0.2) is 5.43 Å². The summed E-state index contributed by atoms with van der Waals surface area (Å²) in [5.41, 5.74) is 7.92. The summed E-state index contributed by atoms with van der Waals surface area (Å²) in [4.78, 5) is 13.9. The highest BCUT2D eigenvalue weighted by atomic mass is 16.2. The average Bonchev–Trinajstić information content (AvgIpc) is 3.27. The van der Waals surface area contributed by atoms with Crippen LogP contribution in [0, 0.1) is 6.92 Å². The number of nitrogens with one attached hydrogen (secondary N) is 1. The molecule has 154 valence electrons. The molecule has 0 aliphatic carbocycles. The minimum absolute atomic E-state index is 0.261. The molecule has 1 aromatic heterocycles. The molecule has 7 nitrogen and oxygen atoms in total. The van der Waals surface area contributed by atoms with E-state index in [2.05, 4.69) is 25.9 Å². The molecule has 4 aromatic rings. The van der Waals surface area contributed by atoms with Crippen molar-refractivity contribution in [1.29, 1.82) is 0 Å². The Balaban J connectivity index is 1.38. The van der Waals surface area contributed by atoms with Gasteiger partial charge in [0.1, 0.15) is 0 Å². The van der Waals surface area contributed by atoms with Crippen LogP contribution in [0.4, 0.5) is 0 Å². The van der Waals surface area contributed by atoms with Gasteiger partial charge in [0.25, 0.3) is 5.91 Å². The summed E-state index contributed by atoms with van der Waals surface area (Å²) in [7, 11) is 0. The predicted octanol–water partition coefficient (Wildman–Crippen LogP) is 3.85. The molecule has 0 spiro atoms. The van der Waals surface area contributed by atoms with Gasteiger partial charge in [0.2, 0.25) is 5.82 Å². The molecule has 3 aromatic carbocycles. The van der Waals surface area contributed by atoms with Crippen LogP contribution in [0.1, 0.15) is 34.0 Å². The van der Waals surface area contributed by atoms with Crippen LogP contribution in [0.15, 0.2) is 84.0 Å². The van der Waals surface area contributed by atoms with Crippen LogP contribution in [0.5, 0.6) is 0 Å². The lowest BCUT2D eigenvalue weighted by Crippen LogP contribution is -2.19. The summed E-state index contributed by atoms with van der Waals surface area (Å²) in [5.74, 6) is 0.321. The summed E-state index contributed by atoms with van der Waals surface area (Å²) in [6, 6.07) is 25.0. The van der Waals surface area contributed by atoms with Gasteiger partial charge in [0.15, 0.2) is 0 Å². The van der Waals surface area contributed by atoms with Gasteiger partial charge in [-0.2, -0.15) is 9.90 Å². The fraction of sp³-hybridized carbons (Fsp3) is 0.125. The number of carbonyl (C=O) groups is 1. The molecular weight excluding hydrogens is 388 g/mol. The molecule has 0 radical (unpaired) electrons. The summed E-state index contributed by atoms with van der Waals surface area (Å²) in [5, 5.41) is 16.8. The number of tetrazole rings is 1. The van der Waals surface area contributed by atoms with Gasteiger partial charge in [0.05, 0.1) is 12.3 Å². The zero-order valence-corrected chi connectivity index (χ0v) is 17.4. The van der Waals surface area contributed by atoms with Crippen molar-refractivity contribution in [3.05, 3.63) is 101 Å². The molecule has 0 aliphatic rings. The van der Waals surface area contributed by atoms with E-state index in [0.29, 0.717) is 17.9 Å². The quantitative estimate of drug-likeness (QED) is 0.386. The molecule has 31 heavy (non-hydrogen) atoms. The van der Waals surface area contributed by atoms with Crippen LogP contribution in [0.25, 0.3) is 11.4 Å². The van der Waals surface area contributed by atoms with E-state index < -0.39 is 0 Å². The standard InChI is InChI=1S/C24H22N6O/c1-17-8-12-20(13-9-17)18(2)25-27-24(31)22-14-10-19(11-15-22)16-30-28-23(26-29-30)21-6-4-3-5-7-21/h3-15H,16H2,1-2H3,(H,27,31)/b25-18+. The lowest BCUT2D eigenvalue weighted by molar-refractivity contribution is 0.0955. The number of amides is 1. The lowest BCUT2D eigenvalue weighted by atomic mass is 10.1. The molecule has 0 saturated heterocycles. The first-order valence-corrected chi connectivity index (χ1v) is 9.92. The second-order valence-corrected chi connectivity index (χ2v) is 7.21. The molecule has 1 amide bonds. The van der Waals surface area contributed by atoms with Gasteiger partial charge in [0, 0.05) is 11.1 Å². The van der Waals surface area contributed by atoms with Crippen molar-refractivity contribution in [3.63, 3.8) is 0 Å². The van der Waals surface area contributed by atoms with Crippen LogP contribution in [-0.2, 0) is 6.54 Å². The van der Waals surface area contributed by atoms with Gasteiger partial charge in [-0.15, -0.1) is 10.2 Å². The van der Waals surface area contributed by atoms with Gasteiger partial charge < -0.3 is 0 Å². The molecule has 0 aliphatic heterocycles. The molecule has 1 heterocycles. The van der Waals surface area contributed by atoms with Gasteiger partial charge in [-0.1, -0.05) is 72.3 Å². The van der Waals surface area contributed by atoms with E-state index in [-0.39, 0.29) is 5.91 Å². The highest BCUT2D eigenvalue weighted by molar-refractivity contribution is 6.00. The van der Waals surface area contributed by atoms with E-state index in [0.717, 1.165) is 22.4 Å². The first kappa shape index (κ1) is 20.2. The maximum Gasteiger partial charge on any atom is 0.271 e. The van der Waals surface area contributed by atoms with Gasteiger partial charge >= 0.3 is 0 Å². The van der Waals surface area contributed by atoms with Crippen LogP contribution in [-0.4, -0.2) is 31.8 Å². The van der Waals surface area contributed by atoms with Crippen LogP contribution in [0.2, 0.25) is 0 Å². The second-order valence-electron chi connectivity index (χ2n) is 7.21. The Morgan fingerprint density at radius 1 is 0.935 bits per heavy atom. The Bertz CT molecular complexity index is 1200. The molecule has 7 heteroatoms. The fourth-order valence-corrected chi connectivity index (χ4v) is 3.00. The maximum atomic E-state index is 12.4. The molecule has 0 atom stereocenters. The highest BCUT2D eigenvalue weighted by Gasteiger charge is 2.08. The molecular formula is C24H22N6O. The third-order valence-electron chi connectivity index (χ3n) is 4.82. The van der Waals surface area contributed by atoms with E-state index in [1.807, 2.05) is 80.6 Å². The number of nitrogens with zero attached hydrogens (tertiary/aromatic N) is 5. The van der Waals surface area contributed by atoms with Crippen molar-refractivity contribution in [2.75, 3.05) is 0 Å². The topological polar surface area (TPSA) is 85.1 Å². The number of aromatic nitrogens is 4. The summed E-state index contributed by atoms with van der Waals surface area (Å²) in [6.07, 6.45) is 0. The van der Waals surface area contributed by atoms with Crippen LogP contribution < -0.4 is 5.43 Å². The number of hydrogen-bond acceptors (Lipinski definition) is 5. The van der Waals surface area contributed by atoms with Crippen molar-refractivity contribution < 1.29 is 4.79 Å². The van der Waals surface area contributed by atoms with E-state index >= 15 is 0 Å². The third-order valence-corrected chi connectivity index (χ3v) is 4.82. The number of hydrogen-bond donors (Lipinski definition) is 1. The monoisotopic (exact) mass is 410 g/mol. The number of aryl methyl sites for hydroxylation is 1. The Morgan fingerprint density at radius 3 is 2.32 bits per heavy atom. The summed E-state index contributed by atoms with van der Waals surface area (Å²) in [6.45, 7) is 4.36. The molecule has 1 N–H and O–H groups in total. The molecule has 0 saturated carbocycles. The predicted molar refractivity (Wildman–Crippen MR) is 120 cm³/mol. The fourth-order valence-electron chi connectivity index (χ4n) is 3.00. The number of carbonyl (C=O) groups excluding carboxylic acids is 1. The molecule has 4 rings (SSSR count). The van der Waals surface area contributed by atoms with Gasteiger partial charge in [-0.3, -0.25) is 4.79 Å². The molecule has 0 bridgehead atoms. The van der Waals surface area contributed by atoms with E-state index in [1.165, 1.54) is 10.4 Å². The van der Waals surface area contributed by atoms with E-state index in [4.69, 9.17) is 0 Å². The minimum atomic E-state index is -0.261. The number of benzene rings is 3. The van der Waals surface area contributed by atoms with E-state index in [9.17, 15) is 4.79 Å². The number of hydrazone groups is 1. The second kappa shape index (κ2) is 9.13. The molecule has 0 unspecified atom stereocenters. The summed E-state index contributed by atoms with van der Waals surface area (Å²) >= 11 is 0. The average molecular weight is 410 g/mol. The van der Waals surface area contributed by atoms with Crippen molar-refractivity contribution in [2.24, 2.45) is 5.10 Å². The Kier molecular flexibility index (Phi) is 5.93. The van der Waals surface area contributed by atoms with Crippen molar-refractivity contribution in [3.8, 4) is 11.4 Å². The van der Waals surface area contributed by atoms with Crippen LogP contribution >= 0.6 is 0 Å². The smallest absolute Gasteiger partial charge is 0.267 e. The van der Waals surface area contributed by atoms with E-state index in [1.54, 1.807) is 12.1 Å². The van der Waals surface area contributed by atoms with Crippen molar-refractivity contribution >= 4 is 11.6 Å². The largest absolute Gasteiger partial charge is 0.271 e. The van der Waals surface area contributed by atoms with Gasteiger partial charge in [-0.05, 0) is 42.3 Å². The zero-order valence-electron chi connectivity index (χ0n) is 17.4. The Labute approximate surface area is 180 Å². The minimum Gasteiger partial charge on any atom is -0.267 e. The van der Waals surface area contributed by atoms with Crippen molar-refractivity contribution in [1.82, 2.24) is 25.6 Å².